The summed E-state index contributed by atoms with van der Waals surface area (Å²) in [5.41, 5.74) is 4.98. The van der Waals surface area contributed by atoms with Crippen molar-refractivity contribution in [3.05, 3.63) is 0 Å². The minimum atomic E-state index is -0.578. The van der Waals surface area contributed by atoms with Gasteiger partial charge in [-0.15, -0.1) is 0 Å². The second kappa shape index (κ2) is 8.11. The fourth-order valence-electron chi connectivity index (χ4n) is 3.15. The Hall–Kier alpha value is -0.650. The van der Waals surface area contributed by atoms with Gasteiger partial charge in [0.15, 0.2) is 0 Å². The first-order chi connectivity index (χ1) is 9.74. The summed E-state index contributed by atoms with van der Waals surface area (Å²) in [4.78, 5) is 16.5. The van der Waals surface area contributed by atoms with E-state index in [-0.39, 0.29) is 11.9 Å². The SMILES string of the molecule is CC(C)NC(C)(CCCCN1CCC(N(C)C)C1)C(N)=O. The molecule has 1 heterocycles. The van der Waals surface area contributed by atoms with Gasteiger partial charge in [-0.3, -0.25) is 4.79 Å². The Labute approximate surface area is 130 Å². The summed E-state index contributed by atoms with van der Waals surface area (Å²) in [5.74, 6) is -0.245. The number of hydrogen-bond acceptors (Lipinski definition) is 4. The van der Waals surface area contributed by atoms with E-state index in [9.17, 15) is 4.79 Å². The van der Waals surface area contributed by atoms with Crippen molar-refractivity contribution in [3.63, 3.8) is 0 Å². The number of rotatable bonds is 9. The zero-order valence-electron chi connectivity index (χ0n) is 14.5. The van der Waals surface area contributed by atoms with E-state index in [1.165, 1.54) is 19.5 Å². The van der Waals surface area contributed by atoms with Gasteiger partial charge in [-0.1, -0.05) is 0 Å². The molecule has 5 nitrogen and oxygen atoms in total. The highest BCUT2D eigenvalue weighted by Crippen LogP contribution is 2.17. The van der Waals surface area contributed by atoms with Crippen LogP contribution in [0, 0.1) is 0 Å². The molecule has 0 aliphatic carbocycles. The lowest BCUT2D eigenvalue weighted by molar-refractivity contribution is -0.124. The van der Waals surface area contributed by atoms with E-state index in [2.05, 4.69) is 29.2 Å². The fourth-order valence-corrected chi connectivity index (χ4v) is 3.15. The van der Waals surface area contributed by atoms with Crippen LogP contribution in [0.3, 0.4) is 0 Å². The maximum atomic E-state index is 11.7. The minimum absolute atomic E-state index is 0.245. The zero-order chi connectivity index (χ0) is 16.0. The third-order valence-electron chi connectivity index (χ3n) is 4.53. The number of nitrogens with zero attached hydrogens (tertiary/aromatic N) is 2. The normalized spacial score (nSPS) is 22.9. The average molecular weight is 298 g/mol. The Bertz CT molecular complexity index is 332. The lowest BCUT2D eigenvalue weighted by Gasteiger charge is -2.30. The average Bonchev–Trinajstić information content (AvgIpc) is 2.82. The first kappa shape index (κ1) is 18.4. The van der Waals surface area contributed by atoms with Crippen LogP contribution in [0.25, 0.3) is 0 Å². The van der Waals surface area contributed by atoms with Crippen LogP contribution in [0.2, 0.25) is 0 Å². The molecule has 1 saturated heterocycles. The Kier molecular flexibility index (Phi) is 7.10. The molecule has 0 bridgehead atoms. The molecule has 1 aliphatic rings. The molecule has 0 saturated carbocycles. The van der Waals surface area contributed by atoms with Crippen LogP contribution in [0.5, 0.6) is 0 Å². The molecule has 0 aromatic heterocycles. The van der Waals surface area contributed by atoms with Gasteiger partial charge in [0, 0.05) is 18.6 Å². The van der Waals surface area contributed by atoms with Gasteiger partial charge in [0.25, 0.3) is 0 Å². The first-order valence-corrected chi connectivity index (χ1v) is 8.21. The number of nitrogens with one attached hydrogen (secondary N) is 1. The van der Waals surface area contributed by atoms with Crippen LogP contribution in [0.15, 0.2) is 0 Å². The number of unbranched alkanes of at least 4 members (excludes halogenated alkanes) is 1. The number of carbonyl (C=O) groups is 1. The van der Waals surface area contributed by atoms with E-state index in [1.807, 2.05) is 20.8 Å². The van der Waals surface area contributed by atoms with Crippen LogP contribution >= 0.6 is 0 Å². The van der Waals surface area contributed by atoms with Gasteiger partial charge in [-0.25, -0.2) is 0 Å². The van der Waals surface area contributed by atoms with E-state index in [1.54, 1.807) is 0 Å². The molecule has 1 fully saturated rings. The van der Waals surface area contributed by atoms with Gasteiger partial charge in [-0.05, 0) is 73.6 Å². The number of likely N-dealkylation sites (tertiary alicyclic amines) is 1. The molecular formula is C16H34N4O. The van der Waals surface area contributed by atoms with Crippen molar-refractivity contribution in [2.24, 2.45) is 5.73 Å². The van der Waals surface area contributed by atoms with Gasteiger partial charge in [0.1, 0.15) is 0 Å². The van der Waals surface area contributed by atoms with Crippen LogP contribution in [0.1, 0.15) is 46.5 Å². The summed E-state index contributed by atoms with van der Waals surface area (Å²) in [6, 6.07) is 0.963. The van der Waals surface area contributed by atoms with E-state index in [0.717, 1.165) is 25.8 Å². The number of likely N-dealkylation sites (N-methyl/N-ethyl adjacent to an activating group) is 1. The van der Waals surface area contributed by atoms with Crippen LogP contribution in [-0.2, 0) is 4.79 Å². The minimum Gasteiger partial charge on any atom is -0.368 e. The largest absolute Gasteiger partial charge is 0.368 e. The van der Waals surface area contributed by atoms with Gasteiger partial charge in [0.05, 0.1) is 5.54 Å². The van der Waals surface area contributed by atoms with Crippen LogP contribution in [0.4, 0.5) is 0 Å². The van der Waals surface area contributed by atoms with Crippen molar-refractivity contribution in [1.29, 1.82) is 0 Å². The summed E-state index contributed by atoms with van der Waals surface area (Å²) < 4.78 is 0. The molecule has 2 atom stereocenters. The highest BCUT2D eigenvalue weighted by molar-refractivity contribution is 5.84. The van der Waals surface area contributed by atoms with E-state index in [0.29, 0.717) is 6.04 Å². The van der Waals surface area contributed by atoms with E-state index in [4.69, 9.17) is 5.73 Å². The molecule has 124 valence electrons. The Morgan fingerprint density at radius 3 is 2.57 bits per heavy atom. The summed E-state index contributed by atoms with van der Waals surface area (Å²) in [6.45, 7) is 9.51. The van der Waals surface area contributed by atoms with Crippen LogP contribution in [-0.4, -0.2) is 67.1 Å². The first-order valence-electron chi connectivity index (χ1n) is 8.21. The smallest absolute Gasteiger partial charge is 0.237 e. The number of nitrogens with two attached hydrogens (primary N) is 1. The lowest BCUT2D eigenvalue weighted by Crippen LogP contribution is -2.55. The number of amides is 1. The summed E-state index contributed by atoms with van der Waals surface area (Å²) in [6.07, 6.45) is 4.23. The standard InChI is InChI=1S/C16H34N4O/c1-13(2)18-16(3,15(17)21)9-6-7-10-20-11-8-14(12-20)19(4)5/h13-14,18H,6-12H2,1-5H3,(H2,17,21). The Balaban J connectivity index is 2.28. The molecule has 3 N–H and O–H groups in total. The molecule has 5 heteroatoms. The molecule has 1 rings (SSSR count). The Morgan fingerprint density at radius 1 is 1.43 bits per heavy atom. The topological polar surface area (TPSA) is 61.6 Å². The predicted octanol–water partition coefficient (Wildman–Crippen LogP) is 1.03. The second-order valence-corrected chi connectivity index (χ2v) is 7.16. The Morgan fingerprint density at radius 2 is 2.10 bits per heavy atom. The van der Waals surface area contributed by atoms with Crippen molar-refractivity contribution in [2.45, 2.75) is 64.1 Å². The maximum Gasteiger partial charge on any atom is 0.237 e. The van der Waals surface area contributed by atoms with Gasteiger partial charge < -0.3 is 20.9 Å². The molecule has 0 radical (unpaired) electrons. The predicted molar refractivity (Wildman–Crippen MR) is 88.3 cm³/mol. The molecule has 0 spiro atoms. The molecule has 0 aromatic rings. The summed E-state index contributed by atoms with van der Waals surface area (Å²) >= 11 is 0. The third kappa shape index (κ3) is 5.93. The maximum absolute atomic E-state index is 11.7. The number of carbonyl (C=O) groups excluding carboxylic acids is 1. The summed E-state index contributed by atoms with van der Waals surface area (Å²) in [7, 11) is 4.31. The van der Waals surface area contributed by atoms with Crippen molar-refractivity contribution < 1.29 is 4.79 Å². The van der Waals surface area contributed by atoms with Crippen molar-refractivity contribution in [1.82, 2.24) is 15.1 Å². The highest BCUT2D eigenvalue weighted by atomic mass is 16.1. The lowest BCUT2D eigenvalue weighted by atomic mass is 9.93. The van der Waals surface area contributed by atoms with Crippen molar-refractivity contribution in [3.8, 4) is 0 Å². The van der Waals surface area contributed by atoms with Gasteiger partial charge in [0.2, 0.25) is 5.91 Å². The number of primary amides is 1. The third-order valence-corrected chi connectivity index (χ3v) is 4.53. The molecule has 21 heavy (non-hydrogen) atoms. The van der Waals surface area contributed by atoms with Crippen molar-refractivity contribution >= 4 is 5.91 Å². The molecule has 0 aromatic carbocycles. The van der Waals surface area contributed by atoms with E-state index >= 15 is 0 Å². The quantitative estimate of drug-likeness (QED) is 0.624. The highest BCUT2D eigenvalue weighted by Gasteiger charge is 2.31. The molecule has 1 aliphatic heterocycles. The summed E-state index contributed by atoms with van der Waals surface area (Å²) in [5, 5.41) is 3.31. The zero-order valence-corrected chi connectivity index (χ0v) is 14.5. The number of hydrogen-bond donors (Lipinski definition) is 2. The molecule has 1 amide bonds. The fraction of sp³-hybridized carbons (Fsp3) is 0.938. The molecular weight excluding hydrogens is 264 g/mol. The van der Waals surface area contributed by atoms with Gasteiger partial charge >= 0.3 is 0 Å². The van der Waals surface area contributed by atoms with Gasteiger partial charge in [-0.2, -0.15) is 0 Å². The monoisotopic (exact) mass is 298 g/mol. The second-order valence-electron chi connectivity index (χ2n) is 7.16. The van der Waals surface area contributed by atoms with Crippen molar-refractivity contribution in [2.75, 3.05) is 33.7 Å². The molecule has 2 unspecified atom stereocenters. The van der Waals surface area contributed by atoms with E-state index < -0.39 is 5.54 Å². The van der Waals surface area contributed by atoms with Crippen LogP contribution < -0.4 is 11.1 Å².